The van der Waals surface area contributed by atoms with E-state index in [1.54, 1.807) is 13.8 Å². The van der Waals surface area contributed by atoms with E-state index in [1.807, 2.05) is 35.8 Å². The Morgan fingerprint density at radius 1 is 1.32 bits per heavy atom. The second kappa shape index (κ2) is 6.12. The number of benzene rings is 1. The molecule has 1 amide bonds. The molecule has 0 unspecified atom stereocenters. The van der Waals surface area contributed by atoms with Crippen LogP contribution in [0.3, 0.4) is 0 Å². The molecule has 0 atom stereocenters. The van der Waals surface area contributed by atoms with Crippen molar-refractivity contribution in [3.8, 4) is 0 Å². The molecular formula is C16H19BrN2O3. The van der Waals surface area contributed by atoms with Crippen LogP contribution in [0.15, 0.2) is 28.7 Å². The number of nitrogens with one attached hydrogen (secondary N) is 1. The minimum absolute atomic E-state index is 0.0978. The highest BCUT2D eigenvalue weighted by molar-refractivity contribution is 9.10. The van der Waals surface area contributed by atoms with Gasteiger partial charge in [-0.05, 0) is 42.8 Å². The third-order valence-electron chi connectivity index (χ3n) is 3.76. The van der Waals surface area contributed by atoms with Gasteiger partial charge in [-0.15, -0.1) is 0 Å². The summed E-state index contributed by atoms with van der Waals surface area (Å²) in [6.45, 7) is 5.37. The lowest BCUT2D eigenvalue weighted by molar-refractivity contribution is -0.146. The number of hydrogen-bond acceptors (Lipinski definition) is 2. The van der Waals surface area contributed by atoms with Crippen LogP contribution in [0.4, 0.5) is 0 Å². The normalized spacial score (nSPS) is 11.6. The Balaban J connectivity index is 2.16. The zero-order valence-electron chi connectivity index (χ0n) is 12.8. The molecule has 22 heavy (non-hydrogen) atoms. The maximum Gasteiger partial charge on any atom is 0.310 e. The first-order chi connectivity index (χ1) is 10.2. The molecule has 2 aromatic rings. The molecular weight excluding hydrogens is 348 g/mol. The number of aliphatic carboxylic acids is 1. The molecule has 2 rings (SSSR count). The van der Waals surface area contributed by atoms with Crippen molar-refractivity contribution < 1.29 is 14.7 Å². The number of halogens is 1. The standard InChI is InChI=1S/C16H19BrN2O3/c1-10-14(17)11-6-4-5-7-12(11)19(10)8-13(20)18-9-16(2,3)15(21)22/h4-7H,8-9H2,1-3H3,(H,18,20)(H,21,22). The summed E-state index contributed by atoms with van der Waals surface area (Å²) in [6.07, 6.45) is 0. The van der Waals surface area contributed by atoms with Gasteiger partial charge in [0.15, 0.2) is 0 Å². The molecule has 1 aromatic heterocycles. The number of amides is 1. The summed E-state index contributed by atoms with van der Waals surface area (Å²) in [5, 5.41) is 12.8. The number of hydrogen-bond donors (Lipinski definition) is 2. The largest absolute Gasteiger partial charge is 0.481 e. The van der Waals surface area contributed by atoms with E-state index in [0.717, 1.165) is 21.1 Å². The molecule has 0 saturated carbocycles. The molecule has 0 spiro atoms. The zero-order valence-corrected chi connectivity index (χ0v) is 14.4. The van der Waals surface area contributed by atoms with Gasteiger partial charge in [0.1, 0.15) is 6.54 Å². The van der Waals surface area contributed by atoms with Crippen molar-refractivity contribution in [2.24, 2.45) is 5.41 Å². The van der Waals surface area contributed by atoms with Gasteiger partial charge in [-0.2, -0.15) is 0 Å². The Morgan fingerprint density at radius 2 is 1.95 bits per heavy atom. The fraction of sp³-hybridized carbons (Fsp3) is 0.375. The Kier molecular flexibility index (Phi) is 4.60. The fourth-order valence-corrected chi connectivity index (χ4v) is 2.74. The number of fused-ring (bicyclic) bond motifs is 1. The number of carbonyl (C=O) groups excluding carboxylic acids is 1. The second-order valence-electron chi connectivity index (χ2n) is 5.97. The van der Waals surface area contributed by atoms with Gasteiger partial charge in [0, 0.05) is 27.6 Å². The lowest BCUT2D eigenvalue weighted by Crippen LogP contribution is -2.40. The van der Waals surface area contributed by atoms with Crippen LogP contribution >= 0.6 is 15.9 Å². The Labute approximate surface area is 137 Å². The zero-order chi connectivity index (χ0) is 16.5. The van der Waals surface area contributed by atoms with Gasteiger partial charge in [-0.25, -0.2) is 0 Å². The summed E-state index contributed by atoms with van der Waals surface area (Å²) < 4.78 is 2.89. The molecule has 0 radical (unpaired) electrons. The highest BCUT2D eigenvalue weighted by Crippen LogP contribution is 2.30. The lowest BCUT2D eigenvalue weighted by atomic mass is 9.94. The maximum atomic E-state index is 12.1. The quantitative estimate of drug-likeness (QED) is 0.854. The molecule has 0 aliphatic carbocycles. The first-order valence-corrected chi connectivity index (χ1v) is 7.77. The topological polar surface area (TPSA) is 71.3 Å². The van der Waals surface area contributed by atoms with Crippen molar-refractivity contribution in [3.05, 3.63) is 34.4 Å². The van der Waals surface area contributed by atoms with E-state index >= 15 is 0 Å². The van der Waals surface area contributed by atoms with E-state index < -0.39 is 11.4 Å². The van der Waals surface area contributed by atoms with Gasteiger partial charge < -0.3 is 15.0 Å². The van der Waals surface area contributed by atoms with Gasteiger partial charge in [-0.3, -0.25) is 9.59 Å². The van der Waals surface area contributed by atoms with Crippen LogP contribution in [-0.4, -0.2) is 28.1 Å². The van der Waals surface area contributed by atoms with Crippen LogP contribution in [0.5, 0.6) is 0 Å². The third-order valence-corrected chi connectivity index (χ3v) is 4.76. The SMILES string of the molecule is Cc1c(Br)c2ccccc2n1CC(=O)NCC(C)(C)C(=O)O. The smallest absolute Gasteiger partial charge is 0.310 e. The van der Waals surface area contributed by atoms with E-state index in [1.165, 1.54) is 0 Å². The molecule has 0 aliphatic rings. The predicted molar refractivity (Wildman–Crippen MR) is 88.8 cm³/mol. The van der Waals surface area contributed by atoms with Crippen LogP contribution in [-0.2, 0) is 16.1 Å². The van der Waals surface area contributed by atoms with Crippen molar-refractivity contribution in [2.45, 2.75) is 27.3 Å². The lowest BCUT2D eigenvalue weighted by Gasteiger charge is -2.19. The van der Waals surface area contributed by atoms with Crippen LogP contribution in [0.2, 0.25) is 0 Å². The van der Waals surface area contributed by atoms with E-state index in [2.05, 4.69) is 21.2 Å². The summed E-state index contributed by atoms with van der Waals surface area (Å²) in [6, 6.07) is 7.83. The fourth-order valence-electron chi connectivity index (χ4n) is 2.19. The highest BCUT2D eigenvalue weighted by atomic mass is 79.9. The van der Waals surface area contributed by atoms with Gasteiger partial charge in [-0.1, -0.05) is 18.2 Å². The molecule has 0 aliphatic heterocycles. The van der Waals surface area contributed by atoms with E-state index in [9.17, 15) is 9.59 Å². The first-order valence-electron chi connectivity index (χ1n) is 6.97. The second-order valence-corrected chi connectivity index (χ2v) is 6.76. The van der Waals surface area contributed by atoms with Crippen molar-refractivity contribution >= 4 is 38.7 Å². The molecule has 118 valence electrons. The summed E-state index contributed by atoms with van der Waals surface area (Å²) in [7, 11) is 0. The highest BCUT2D eigenvalue weighted by Gasteiger charge is 2.27. The Bertz CT molecular complexity index is 734. The minimum Gasteiger partial charge on any atom is -0.481 e. The first kappa shape index (κ1) is 16.5. The van der Waals surface area contributed by atoms with Gasteiger partial charge in [0.05, 0.1) is 5.41 Å². The van der Waals surface area contributed by atoms with Gasteiger partial charge in [0.25, 0.3) is 0 Å². The number of para-hydroxylation sites is 1. The van der Waals surface area contributed by atoms with Crippen molar-refractivity contribution in [3.63, 3.8) is 0 Å². The number of carbonyl (C=O) groups is 2. The minimum atomic E-state index is -0.982. The van der Waals surface area contributed by atoms with Crippen LogP contribution in [0.1, 0.15) is 19.5 Å². The Morgan fingerprint density at radius 3 is 2.59 bits per heavy atom. The summed E-state index contributed by atoms with van der Waals surface area (Å²) in [5.74, 6) is -1.14. The molecule has 0 fully saturated rings. The molecule has 1 aromatic carbocycles. The average Bonchev–Trinajstić information content (AvgIpc) is 2.71. The van der Waals surface area contributed by atoms with Crippen LogP contribution in [0.25, 0.3) is 10.9 Å². The average molecular weight is 367 g/mol. The number of rotatable bonds is 5. The number of carboxylic acid groups (broad SMARTS) is 1. The Hall–Kier alpha value is -1.82. The monoisotopic (exact) mass is 366 g/mol. The van der Waals surface area contributed by atoms with E-state index in [4.69, 9.17) is 5.11 Å². The van der Waals surface area contributed by atoms with Crippen LogP contribution < -0.4 is 5.32 Å². The summed E-state index contributed by atoms with van der Waals surface area (Å²) in [4.78, 5) is 23.2. The van der Waals surface area contributed by atoms with Crippen LogP contribution in [0, 0.1) is 12.3 Å². The summed E-state index contributed by atoms with van der Waals surface area (Å²) >= 11 is 3.55. The molecule has 5 nitrogen and oxygen atoms in total. The van der Waals surface area contributed by atoms with Gasteiger partial charge >= 0.3 is 5.97 Å². The third kappa shape index (κ3) is 3.16. The summed E-state index contributed by atoms with van der Waals surface area (Å²) in [5.41, 5.74) is 0.956. The number of aromatic nitrogens is 1. The molecule has 6 heteroatoms. The molecule has 2 N–H and O–H groups in total. The van der Waals surface area contributed by atoms with E-state index in [-0.39, 0.29) is 19.0 Å². The predicted octanol–water partition coefficient (Wildman–Crippen LogP) is 2.94. The molecule has 0 bridgehead atoms. The number of nitrogens with zero attached hydrogens (tertiary/aromatic N) is 1. The molecule has 1 heterocycles. The van der Waals surface area contributed by atoms with Crippen molar-refractivity contribution in [2.75, 3.05) is 6.54 Å². The number of carboxylic acids is 1. The molecule has 0 saturated heterocycles. The van der Waals surface area contributed by atoms with Crippen molar-refractivity contribution in [1.29, 1.82) is 0 Å². The van der Waals surface area contributed by atoms with Crippen molar-refractivity contribution in [1.82, 2.24) is 9.88 Å². The maximum absolute atomic E-state index is 12.1. The van der Waals surface area contributed by atoms with E-state index in [0.29, 0.717) is 0 Å². The van der Waals surface area contributed by atoms with Gasteiger partial charge in [0.2, 0.25) is 5.91 Å².